The summed E-state index contributed by atoms with van der Waals surface area (Å²) in [5.41, 5.74) is 7.56. The number of aromatic nitrogens is 2. The van der Waals surface area contributed by atoms with E-state index in [0.717, 1.165) is 41.0 Å². The van der Waals surface area contributed by atoms with Crippen molar-refractivity contribution in [3.8, 4) is 11.3 Å². The molecule has 0 aliphatic heterocycles. The number of amides is 1. The zero-order valence-electron chi connectivity index (χ0n) is 21.3. The number of carbonyl (C=O) groups excluding carboxylic acids is 1. The number of benzene rings is 1. The molecule has 1 aliphatic carbocycles. The van der Waals surface area contributed by atoms with E-state index in [4.69, 9.17) is 4.98 Å². The number of nitrogens with zero attached hydrogens (tertiary/aromatic N) is 2. The quantitative estimate of drug-likeness (QED) is 0.446. The SMILES string of the molecule is Cc1ccc(-c2nc3c(C)cccn3c2CC(=O)NC2CCCCCCCCCCC2)cc1C. The molecule has 2 heterocycles. The summed E-state index contributed by atoms with van der Waals surface area (Å²) in [6, 6.07) is 10.9. The van der Waals surface area contributed by atoms with Crippen LogP contribution >= 0.6 is 0 Å². The lowest BCUT2D eigenvalue weighted by atomic mass is 9.97. The molecular formula is C30H41N3O. The first-order valence-electron chi connectivity index (χ1n) is 13.4. The molecule has 2 aromatic heterocycles. The fourth-order valence-electron chi connectivity index (χ4n) is 5.28. The summed E-state index contributed by atoms with van der Waals surface area (Å²) in [7, 11) is 0. The van der Waals surface area contributed by atoms with Gasteiger partial charge in [-0.05, 0) is 62.4 Å². The lowest BCUT2D eigenvalue weighted by Gasteiger charge is -2.20. The van der Waals surface area contributed by atoms with Crippen molar-refractivity contribution in [1.82, 2.24) is 14.7 Å². The van der Waals surface area contributed by atoms with E-state index in [-0.39, 0.29) is 11.9 Å². The minimum Gasteiger partial charge on any atom is -0.353 e. The second-order valence-corrected chi connectivity index (χ2v) is 10.3. The Morgan fingerprint density at radius 2 is 1.53 bits per heavy atom. The summed E-state index contributed by atoms with van der Waals surface area (Å²) in [6.45, 7) is 6.35. The van der Waals surface area contributed by atoms with Crippen LogP contribution in [0.4, 0.5) is 0 Å². The summed E-state index contributed by atoms with van der Waals surface area (Å²) in [5.74, 6) is 0.116. The van der Waals surface area contributed by atoms with Gasteiger partial charge in [0.1, 0.15) is 5.65 Å². The van der Waals surface area contributed by atoms with Gasteiger partial charge < -0.3 is 9.72 Å². The summed E-state index contributed by atoms with van der Waals surface area (Å²) in [6.07, 6.45) is 16.4. The third-order valence-electron chi connectivity index (χ3n) is 7.52. The van der Waals surface area contributed by atoms with Crippen LogP contribution < -0.4 is 5.32 Å². The fourth-order valence-corrected chi connectivity index (χ4v) is 5.28. The number of hydrogen-bond acceptors (Lipinski definition) is 2. The first kappa shape index (κ1) is 24.5. The molecule has 34 heavy (non-hydrogen) atoms. The molecule has 0 bridgehead atoms. The van der Waals surface area contributed by atoms with Gasteiger partial charge in [0.2, 0.25) is 5.91 Å². The van der Waals surface area contributed by atoms with Crippen LogP contribution in [-0.4, -0.2) is 21.3 Å². The third-order valence-corrected chi connectivity index (χ3v) is 7.52. The average molecular weight is 460 g/mol. The van der Waals surface area contributed by atoms with Gasteiger partial charge in [-0.3, -0.25) is 4.79 Å². The van der Waals surface area contributed by atoms with Gasteiger partial charge in [0, 0.05) is 17.8 Å². The molecule has 4 nitrogen and oxygen atoms in total. The van der Waals surface area contributed by atoms with Crippen molar-refractivity contribution in [3.63, 3.8) is 0 Å². The summed E-state index contributed by atoms with van der Waals surface area (Å²) < 4.78 is 2.11. The van der Waals surface area contributed by atoms with Crippen molar-refractivity contribution in [1.29, 1.82) is 0 Å². The van der Waals surface area contributed by atoms with Crippen LogP contribution in [0, 0.1) is 20.8 Å². The molecule has 0 radical (unpaired) electrons. The highest BCUT2D eigenvalue weighted by Crippen LogP contribution is 2.28. The molecule has 0 spiro atoms. The summed E-state index contributed by atoms with van der Waals surface area (Å²) in [4.78, 5) is 18.3. The Hall–Kier alpha value is -2.62. The number of aryl methyl sites for hydroxylation is 3. The molecule has 0 atom stereocenters. The van der Waals surface area contributed by atoms with Crippen LogP contribution in [0.3, 0.4) is 0 Å². The predicted octanol–water partition coefficient (Wildman–Crippen LogP) is 7.26. The van der Waals surface area contributed by atoms with Crippen LogP contribution in [0.5, 0.6) is 0 Å². The van der Waals surface area contributed by atoms with Crippen molar-refractivity contribution in [2.45, 2.75) is 104 Å². The molecule has 1 amide bonds. The topological polar surface area (TPSA) is 46.4 Å². The second kappa shape index (κ2) is 11.7. The van der Waals surface area contributed by atoms with E-state index in [2.05, 4.69) is 54.8 Å². The normalized spacial score (nSPS) is 16.7. The van der Waals surface area contributed by atoms with E-state index >= 15 is 0 Å². The number of imidazole rings is 1. The fraction of sp³-hybridized carbons (Fsp3) is 0.533. The molecule has 1 aromatic carbocycles. The van der Waals surface area contributed by atoms with Crippen LogP contribution in [0.25, 0.3) is 16.9 Å². The number of pyridine rings is 1. The first-order valence-corrected chi connectivity index (χ1v) is 13.4. The first-order chi connectivity index (χ1) is 16.5. The molecule has 4 heteroatoms. The number of fused-ring (bicyclic) bond motifs is 1. The van der Waals surface area contributed by atoms with Crippen molar-refractivity contribution >= 4 is 11.6 Å². The maximum atomic E-state index is 13.3. The van der Waals surface area contributed by atoms with Crippen molar-refractivity contribution < 1.29 is 4.79 Å². The van der Waals surface area contributed by atoms with Gasteiger partial charge in [0.05, 0.1) is 17.8 Å². The highest BCUT2D eigenvalue weighted by Gasteiger charge is 2.20. The molecule has 4 rings (SSSR count). The van der Waals surface area contributed by atoms with Gasteiger partial charge in [0.25, 0.3) is 0 Å². The molecule has 0 saturated heterocycles. The van der Waals surface area contributed by atoms with Gasteiger partial charge in [-0.15, -0.1) is 0 Å². The highest BCUT2D eigenvalue weighted by atomic mass is 16.1. The number of carbonyl (C=O) groups is 1. The standard InChI is InChI=1S/C30H41N3O/c1-22-17-18-25(20-24(22)3)29-27(33-19-13-14-23(2)30(33)32-29)21-28(34)31-26-15-11-9-7-5-4-6-8-10-12-16-26/h13-14,17-20,26H,4-12,15-16,21H2,1-3H3,(H,31,34). The van der Waals surface area contributed by atoms with Crippen LogP contribution in [-0.2, 0) is 11.2 Å². The Kier molecular flexibility index (Phi) is 8.42. The predicted molar refractivity (Wildman–Crippen MR) is 141 cm³/mol. The van der Waals surface area contributed by atoms with E-state index in [1.807, 2.05) is 12.3 Å². The highest BCUT2D eigenvalue weighted by molar-refractivity contribution is 5.82. The monoisotopic (exact) mass is 459 g/mol. The van der Waals surface area contributed by atoms with Gasteiger partial charge in [-0.25, -0.2) is 4.98 Å². The molecule has 1 aliphatic rings. The van der Waals surface area contributed by atoms with E-state index in [0.29, 0.717) is 6.42 Å². The Labute approximate surface area is 205 Å². The van der Waals surface area contributed by atoms with Gasteiger partial charge >= 0.3 is 0 Å². The molecule has 182 valence electrons. The molecular weight excluding hydrogens is 418 g/mol. The molecule has 1 N–H and O–H groups in total. The van der Waals surface area contributed by atoms with Crippen LogP contribution in [0.15, 0.2) is 36.5 Å². The Morgan fingerprint density at radius 3 is 2.18 bits per heavy atom. The van der Waals surface area contributed by atoms with Crippen molar-refractivity contribution in [2.24, 2.45) is 0 Å². The van der Waals surface area contributed by atoms with Gasteiger partial charge in [-0.2, -0.15) is 0 Å². The van der Waals surface area contributed by atoms with Gasteiger partial charge in [-0.1, -0.05) is 76.0 Å². The number of rotatable bonds is 4. The van der Waals surface area contributed by atoms with E-state index in [9.17, 15) is 4.79 Å². The van der Waals surface area contributed by atoms with Crippen molar-refractivity contribution in [2.75, 3.05) is 0 Å². The zero-order chi connectivity index (χ0) is 23.9. The largest absolute Gasteiger partial charge is 0.353 e. The lowest BCUT2D eigenvalue weighted by molar-refractivity contribution is -0.121. The minimum absolute atomic E-state index is 0.116. The Bertz CT molecular complexity index is 1100. The number of nitrogens with one attached hydrogen (secondary N) is 1. The van der Waals surface area contributed by atoms with Crippen LogP contribution in [0.1, 0.15) is 93.0 Å². The average Bonchev–Trinajstić information content (AvgIpc) is 3.17. The summed E-state index contributed by atoms with van der Waals surface area (Å²) >= 11 is 0. The minimum atomic E-state index is 0.116. The number of hydrogen-bond donors (Lipinski definition) is 1. The molecule has 0 unspecified atom stereocenters. The van der Waals surface area contributed by atoms with Crippen LogP contribution in [0.2, 0.25) is 0 Å². The lowest BCUT2D eigenvalue weighted by Crippen LogP contribution is -2.36. The van der Waals surface area contributed by atoms with E-state index in [1.54, 1.807) is 0 Å². The molecule has 3 aromatic rings. The maximum absolute atomic E-state index is 13.3. The maximum Gasteiger partial charge on any atom is 0.226 e. The second-order valence-electron chi connectivity index (χ2n) is 10.3. The summed E-state index contributed by atoms with van der Waals surface area (Å²) in [5, 5.41) is 3.41. The Balaban J connectivity index is 1.55. The smallest absolute Gasteiger partial charge is 0.226 e. The van der Waals surface area contributed by atoms with E-state index < -0.39 is 0 Å². The molecule has 1 fully saturated rings. The van der Waals surface area contributed by atoms with E-state index in [1.165, 1.54) is 68.9 Å². The third kappa shape index (κ3) is 6.08. The zero-order valence-corrected chi connectivity index (χ0v) is 21.3. The Morgan fingerprint density at radius 1 is 0.882 bits per heavy atom. The van der Waals surface area contributed by atoms with Crippen molar-refractivity contribution in [3.05, 3.63) is 58.9 Å². The molecule has 1 saturated carbocycles. The van der Waals surface area contributed by atoms with Gasteiger partial charge in [0.15, 0.2) is 0 Å².